The summed E-state index contributed by atoms with van der Waals surface area (Å²) in [6.45, 7) is 2.78. The molecule has 32 heavy (non-hydrogen) atoms. The van der Waals surface area contributed by atoms with E-state index in [0.29, 0.717) is 11.9 Å². The molecule has 166 valence electrons. The third-order valence-electron chi connectivity index (χ3n) is 5.86. The Balaban J connectivity index is 1.29. The molecule has 7 nitrogen and oxygen atoms in total. The summed E-state index contributed by atoms with van der Waals surface area (Å²) < 4.78 is 5.19. The smallest absolute Gasteiger partial charge is 0.303 e. The lowest BCUT2D eigenvalue weighted by Crippen LogP contribution is -2.33. The quantitative estimate of drug-likeness (QED) is 0.539. The molecule has 4 rings (SSSR count). The minimum Gasteiger partial charge on any atom is -0.497 e. The predicted molar refractivity (Wildman–Crippen MR) is 124 cm³/mol. The van der Waals surface area contributed by atoms with Gasteiger partial charge in [0.1, 0.15) is 5.75 Å². The van der Waals surface area contributed by atoms with Gasteiger partial charge in [-0.3, -0.25) is 9.69 Å². The van der Waals surface area contributed by atoms with E-state index in [1.807, 2.05) is 36.4 Å². The summed E-state index contributed by atoms with van der Waals surface area (Å²) in [6, 6.07) is 16.1. The Bertz CT molecular complexity index is 1010. The molecule has 1 aliphatic rings. The van der Waals surface area contributed by atoms with Gasteiger partial charge in [0.2, 0.25) is 5.95 Å². The van der Waals surface area contributed by atoms with Crippen LogP contribution in [0.5, 0.6) is 5.75 Å². The maximum absolute atomic E-state index is 10.9. The van der Waals surface area contributed by atoms with Crippen molar-refractivity contribution in [2.24, 2.45) is 5.92 Å². The summed E-state index contributed by atoms with van der Waals surface area (Å²) in [4.78, 5) is 22.1. The van der Waals surface area contributed by atoms with Gasteiger partial charge in [-0.25, -0.2) is 9.97 Å². The first-order valence-electron chi connectivity index (χ1n) is 10.9. The SMILES string of the molecule is COc1ccc(-c2cnc(Nc3ccc(CN4CCC(CC(=O)O)CC4)cc3)nc2)cc1. The molecule has 0 amide bonds. The number of carbonyl (C=O) groups is 1. The van der Waals surface area contributed by atoms with E-state index in [9.17, 15) is 4.79 Å². The van der Waals surface area contributed by atoms with E-state index in [0.717, 1.165) is 55.0 Å². The van der Waals surface area contributed by atoms with Crippen molar-refractivity contribution in [3.8, 4) is 16.9 Å². The lowest BCUT2D eigenvalue weighted by molar-refractivity contribution is -0.138. The Morgan fingerprint density at radius 1 is 1.03 bits per heavy atom. The average Bonchev–Trinajstić information content (AvgIpc) is 2.82. The average molecular weight is 433 g/mol. The van der Waals surface area contributed by atoms with Crippen molar-refractivity contribution in [2.75, 3.05) is 25.5 Å². The fraction of sp³-hybridized carbons (Fsp3) is 0.320. The molecule has 0 radical (unpaired) electrons. The molecule has 3 aromatic rings. The molecule has 2 heterocycles. The van der Waals surface area contributed by atoms with E-state index in [2.05, 4.69) is 32.3 Å². The Morgan fingerprint density at radius 2 is 1.69 bits per heavy atom. The van der Waals surface area contributed by atoms with Crippen LogP contribution in [0.25, 0.3) is 11.1 Å². The maximum Gasteiger partial charge on any atom is 0.303 e. The Hall–Kier alpha value is -3.45. The number of benzene rings is 2. The summed E-state index contributed by atoms with van der Waals surface area (Å²) in [5.41, 5.74) is 4.16. The molecule has 1 aromatic heterocycles. The second-order valence-corrected chi connectivity index (χ2v) is 8.16. The molecule has 0 aliphatic carbocycles. The van der Waals surface area contributed by atoms with Gasteiger partial charge in [0.15, 0.2) is 0 Å². The summed E-state index contributed by atoms with van der Waals surface area (Å²) in [7, 11) is 1.65. The van der Waals surface area contributed by atoms with Crippen molar-refractivity contribution >= 4 is 17.6 Å². The molecule has 2 N–H and O–H groups in total. The van der Waals surface area contributed by atoms with Crippen LogP contribution in [-0.2, 0) is 11.3 Å². The number of rotatable bonds is 8. The van der Waals surface area contributed by atoms with Gasteiger partial charge in [-0.2, -0.15) is 0 Å². The van der Waals surface area contributed by atoms with Crippen LogP contribution in [0.4, 0.5) is 11.6 Å². The second-order valence-electron chi connectivity index (χ2n) is 8.16. The fourth-order valence-electron chi connectivity index (χ4n) is 4.00. The van der Waals surface area contributed by atoms with Crippen LogP contribution in [0, 0.1) is 5.92 Å². The van der Waals surface area contributed by atoms with Gasteiger partial charge in [-0.1, -0.05) is 24.3 Å². The number of aliphatic carboxylic acids is 1. The molecule has 0 atom stereocenters. The highest BCUT2D eigenvalue weighted by molar-refractivity contribution is 5.67. The highest BCUT2D eigenvalue weighted by atomic mass is 16.5. The number of nitrogens with one attached hydrogen (secondary N) is 1. The highest BCUT2D eigenvalue weighted by Gasteiger charge is 2.21. The van der Waals surface area contributed by atoms with E-state index < -0.39 is 5.97 Å². The van der Waals surface area contributed by atoms with E-state index in [1.165, 1.54) is 5.56 Å². The third-order valence-corrected chi connectivity index (χ3v) is 5.86. The van der Waals surface area contributed by atoms with Gasteiger partial charge in [0.25, 0.3) is 0 Å². The van der Waals surface area contributed by atoms with Crippen molar-refractivity contribution in [1.29, 1.82) is 0 Å². The molecule has 0 bridgehead atoms. The molecule has 0 spiro atoms. The minimum atomic E-state index is -0.689. The maximum atomic E-state index is 10.9. The van der Waals surface area contributed by atoms with E-state index >= 15 is 0 Å². The summed E-state index contributed by atoms with van der Waals surface area (Å²) in [5.74, 6) is 0.993. The number of carboxylic acid groups (broad SMARTS) is 1. The first-order chi connectivity index (χ1) is 15.6. The lowest BCUT2D eigenvalue weighted by Gasteiger charge is -2.31. The molecule has 2 aromatic carbocycles. The van der Waals surface area contributed by atoms with Crippen LogP contribution >= 0.6 is 0 Å². The topological polar surface area (TPSA) is 87.6 Å². The summed E-state index contributed by atoms with van der Waals surface area (Å²) in [6.07, 6.45) is 5.81. The van der Waals surface area contributed by atoms with Gasteiger partial charge in [0.05, 0.1) is 7.11 Å². The number of anilines is 2. The normalized spacial score (nSPS) is 14.8. The first kappa shape index (κ1) is 21.8. The minimum absolute atomic E-state index is 0.289. The number of aromatic nitrogens is 2. The van der Waals surface area contributed by atoms with Gasteiger partial charge in [-0.05, 0) is 67.2 Å². The van der Waals surface area contributed by atoms with Gasteiger partial charge in [-0.15, -0.1) is 0 Å². The number of likely N-dealkylation sites (tertiary alicyclic amines) is 1. The molecule has 7 heteroatoms. The van der Waals surface area contributed by atoms with E-state index in [1.54, 1.807) is 19.5 Å². The Labute approximate surface area is 188 Å². The van der Waals surface area contributed by atoms with Gasteiger partial charge >= 0.3 is 5.97 Å². The van der Waals surface area contributed by atoms with Crippen LogP contribution < -0.4 is 10.1 Å². The van der Waals surface area contributed by atoms with Crippen LogP contribution in [0.15, 0.2) is 60.9 Å². The number of carboxylic acids is 1. The molecule has 1 aliphatic heterocycles. The van der Waals surface area contributed by atoms with Crippen molar-refractivity contribution in [2.45, 2.75) is 25.8 Å². The second kappa shape index (κ2) is 10.2. The van der Waals surface area contributed by atoms with E-state index in [4.69, 9.17) is 9.84 Å². The monoisotopic (exact) mass is 432 g/mol. The standard InChI is InChI=1S/C25H28N4O3/c1-32-23-8-4-20(5-9-23)21-15-26-25(27-16-21)28-22-6-2-19(3-7-22)17-29-12-10-18(11-13-29)14-24(30)31/h2-9,15-16,18H,10-14,17H2,1H3,(H,30,31)(H,26,27,28). The Morgan fingerprint density at radius 3 is 2.28 bits per heavy atom. The van der Waals surface area contributed by atoms with Crippen molar-refractivity contribution in [3.05, 3.63) is 66.5 Å². The zero-order valence-electron chi connectivity index (χ0n) is 18.2. The number of piperidine rings is 1. The number of ether oxygens (including phenoxy) is 1. The highest BCUT2D eigenvalue weighted by Crippen LogP contribution is 2.24. The van der Waals surface area contributed by atoms with Gasteiger partial charge < -0.3 is 15.2 Å². The van der Waals surface area contributed by atoms with Crippen molar-refractivity contribution in [1.82, 2.24) is 14.9 Å². The lowest BCUT2D eigenvalue weighted by atomic mass is 9.93. The molecule has 0 saturated carbocycles. The fourth-order valence-corrected chi connectivity index (χ4v) is 4.00. The zero-order valence-corrected chi connectivity index (χ0v) is 18.2. The molecular weight excluding hydrogens is 404 g/mol. The van der Waals surface area contributed by atoms with Crippen LogP contribution in [0.1, 0.15) is 24.8 Å². The number of hydrogen-bond donors (Lipinski definition) is 2. The number of nitrogens with zero attached hydrogens (tertiary/aromatic N) is 3. The predicted octanol–water partition coefficient (Wildman–Crippen LogP) is 4.58. The summed E-state index contributed by atoms with van der Waals surface area (Å²) in [5, 5.41) is 12.2. The van der Waals surface area contributed by atoms with Crippen LogP contribution in [0.2, 0.25) is 0 Å². The Kier molecular flexibility index (Phi) is 6.97. The number of methoxy groups -OCH3 is 1. The van der Waals surface area contributed by atoms with Crippen molar-refractivity contribution < 1.29 is 14.6 Å². The van der Waals surface area contributed by atoms with E-state index in [-0.39, 0.29) is 6.42 Å². The van der Waals surface area contributed by atoms with Crippen LogP contribution in [-0.4, -0.2) is 46.1 Å². The van der Waals surface area contributed by atoms with Gasteiger partial charge in [0, 0.05) is 36.6 Å². The molecule has 1 saturated heterocycles. The largest absolute Gasteiger partial charge is 0.497 e. The number of hydrogen-bond acceptors (Lipinski definition) is 6. The van der Waals surface area contributed by atoms with Crippen molar-refractivity contribution in [3.63, 3.8) is 0 Å². The zero-order chi connectivity index (χ0) is 22.3. The molecule has 0 unspecified atom stereocenters. The van der Waals surface area contributed by atoms with Crippen LogP contribution in [0.3, 0.4) is 0 Å². The third kappa shape index (κ3) is 5.82. The molecule has 1 fully saturated rings. The summed E-state index contributed by atoms with van der Waals surface area (Å²) >= 11 is 0. The first-order valence-corrected chi connectivity index (χ1v) is 10.9. The molecular formula is C25H28N4O3.